The zero-order chi connectivity index (χ0) is 23.4. The second kappa shape index (κ2) is 9.93. The minimum Gasteiger partial charge on any atom is -0.492 e. The van der Waals surface area contributed by atoms with Gasteiger partial charge < -0.3 is 15.0 Å². The summed E-state index contributed by atoms with van der Waals surface area (Å²) < 4.78 is 33.3. The number of nitrogens with zero attached hydrogens (tertiary/aromatic N) is 2. The van der Waals surface area contributed by atoms with Crippen LogP contribution in [0.5, 0.6) is 5.75 Å². The van der Waals surface area contributed by atoms with Crippen molar-refractivity contribution in [1.29, 1.82) is 0 Å². The molecule has 2 fully saturated rings. The highest BCUT2D eigenvalue weighted by atomic mass is 32.2. The van der Waals surface area contributed by atoms with E-state index in [1.807, 2.05) is 30.3 Å². The molecule has 0 aromatic heterocycles. The van der Waals surface area contributed by atoms with Crippen LogP contribution in [-0.4, -0.2) is 55.7 Å². The van der Waals surface area contributed by atoms with Gasteiger partial charge in [-0.3, -0.25) is 9.59 Å². The molecule has 8 nitrogen and oxygen atoms in total. The maximum absolute atomic E-state index is 13.2. The summed E-state index contributed by atoms with van der Waals surface area (Å²) in [5.41, 5.74) is 1.38. The summed E-state index contributed by atoms with van der Waals surface area (Å²) in [4.78, 5) is 27.1. The van der Waals surface area contributed by atoms with Crippen molar-refractivity contribution in [1.82, 2.24) is 9.21 Å². The lowest BCUT2D eigenvalue weighted by molar-refractivity contribution is -0.128. The number of sulfonamides is 1. The molecule has 2 aromatic carbocycles. The van der Waals surface area contributed by atoms with Gasteiger partial charge in [0.1, 0.15) is 10.6 Å². The molecule has 2 saturated heterocycles. The molecule has 0 aliphatic carbocycles. The van der Waals surface area contributed by atoms with Gasteiger partial charge in [-0.1, -0.05) is 30.3 Å². The minimum absolute atomic E-state index is 0.0530. The van der Waals surface area contributed by atoms with E-state index in [4.69, 9.17) is 4.74 Å². The molecule has 4 rings (SSSR count). The first-order chi connectivity index (χ1) is 15.9. The van der Waals surface area contributed by atoms with Crippen LogP contribution >= 0.6 is 0 Å². The summed E-state index contributed by atoms with van der Waals surface area (Å²) in [7, 11) is -3.73. The molecule has 0 spiro atoms. The predicted molar refractivity (Wildman–Crippen MR) is 124 cm³/mol. The lowest BCUT2D eigenvalue weighted by atomic mass is 10.1. The van der Waals surface area contributed by atoms with Crippen LogP contribution in [-0.2, 0) is 26.2 Å². The Bertz CT molecular complexity index is 1110. The molecule has 176 valence electrons. The minimum atomic E-state index is -3.73. The predicted octanol–water partition coefficient (Wildman–Crippen LogP) is 2.86. The quantitative estimate of drug-likeness (QED) is 0.639. The van der Waals surface area contributed by atoms with Crippen molar-refractivity contribution >= 4 is 27.5 Å². The van der Waals surface area contributed by atoms with Crippen molar-refractivity contribution in [3.05, 3.63) is 54.1 Å². The maximum Gasteiger partial charge on any atom is 0.246 e. The summed E-state index contributed by atoms with van der Waals surface area (Å²) >= 11 is 0. The maximum atomic E-state index is 13.2. The normalized spacial score (nSPS) is 19.1. The largest absolute Gasteiger partial charge is 0.492 e. The second-order valence-corrected chi connectivity index (χ2v) is 10.3. The average Bonchev–Trinajstić information content (AvgIpc) is 3.47. The van der Waals surface area contributed by atoms with Crippen LogP contribution in [0.2, 0.25) is 0 Å². The topological polar surface area (TPSA) is 96.0 Å². The van der Waals surface area contributed by atoms with Gasteiger partial charge in [-0.15, -0.1) is 0 Å². The fourth-order valence-corrected chi connectivity index (χ4v) is 5.95. The number of ether oxygens (including phenoxy) is 1. The number of anilines is 1. The molecule has 0 bridgehead atoms. The number of nitrogens with one attached hydrogen (secondary N) is 1. The summed E-state index contributed by atoms with van der Waals surface area (Å²) in [6.45, 7) is 3.87. The number of carbonyl (C=O) groups excluding carboxylic acids is 2. The van der Waals surface area contributed by atoms with Gasteiger partial charge in [0.15, 0.2) is 0 Å². The van der Waals surface area contributed by atoms with Gasteiger partial charge in [0.2, 0.25) is 21.8 Å². The van der Waals surface area contributed by atoms with Crippen LogP contribution in [0.15, 0.2) is 53.4 Å². The molecule has 2 aliphatic rings. The van der Waals surface area contributed by atoms with Gasteiger partial charge in [0, 0.05) is 38.3 Å². The van der Waals surface area contributed by atoms with E-state index in [-0.39, 0.29) is 28.9 Å². The van der Waals surface area contributed by atoms with Crippen LogP contribution < -0.4 is 10.1 Å². The Morgan fingerprint density at radius 3 is 2.55 bits per heavy atom. The molecule has 1 unspecified atom stereocenters. The van der Waals surface area contributed by atoms with E-state index in [0.717, 1.165) is 18.4 Å². The molecule has 2 heterocycles. The average molecular weight is 472 g/mol. The number of benzene rings is 2. The second-order valence-electron chi connectivity index (χ2n) is 8.36. The number of hydrogen-bond acceptors (Lipinski definition) is 5. The van der Waals surface area contributed by atoms with Crippen LogP contribution in [0.1, 0.15) is 31.7 Å². The van der Waals surface area contributed by atoms with E-state index in [9.17, 15) is 18.0 Å². The highest BCUT2D eigenvalue weighted by molar-refractivity contribution is 7.89. The van der Waals surface area contributed by atoms with Crippen molar-refractivity contribution in [2.24, 2.45) is 5.92 Å². The SMILES string of the molecule is CCOc1ccc(NC(=O)C2CC(=O)N(Cc3ccccc3)C2)cc1S(=O)(=O)N1CCCC1. The van der Waals surface area contributed by atoms with Gasteiger partial charge in [0.25, 0.3) is 0 Å². The Morgan fingerprint density at radius 2 is 1.85 bits per heavy atom. The molecule has 2 aliphatic heterocycles. The Balaban J connectivity index is 1.48. The van der Waals surface area contributed by atoms with Crippen molar-refractivity contribution < 1.29 is 22.7 Å². The molecule has 2 amide bonds. The van der Waals surface area contributed by atoms with Gasteiger partial charge >= 0.3 is 0 Å². The van der Waals surface area contributed by atoms with Crippen molar-refractivity contribution in [3.63, 3.8) is 0 Å². The van der Waals surface area contributed by atoms with Gasteiger partial charge in [-0.2, -0.15) is 4.31 Å². The molecular weight excluding hydrogens is 442 g/mol. The molecule has 9 heteroatoms. The number of rotatable bonds is 8. The van der Waals surface area contributed by atoms with Crippen LogP contribution in [0, 0.1) is 5.92 Å². The smallest absolute Gasteiger partial charge is 0.246 e. The number of carbonyl (C=O) groups is 2. The highest BCUT2D eigenvalue weighted by Crippen LogP contribution is 2.32. The zero-order valence-electron chi connectivity index (χ0n) is 18.7. The third-order valence-corrected chi connectivity index (χ3v) is 7.92. The molecule has 0 saturated carbocycles. The van der Waals surface area contributed by atoms with Gasteiger partial charge in [-0.05, 0) is 43.5 Å². The van der Waals surface area contributed by atoms with Gasteiger partial charge in [0.05, 0.1) is 12.5 Å². The monoisotopic (exact) mass is 471 g/mol. The van der Waals surface area contributed by atoms with Crippen molar-refractivity contribution in [2.45, 2.75) is 37.6 Å². The summed E-state index contributed by atoms with van der Waals surface area (Å²) in [5, 5.41) is 2.80. The Hall–Kier alpha value is -2.91. The fraction of sp³-hybridized carbons (Fsp3) is 0.417. The standard InChI is InChI=1S/C24H29N3O5S/c1-2-32-21-11-10-20(15-22(21)33(30,31)27-12-6-7-13-27)25-24(29)19-14-23(28)26(17-19)16-18-8-4-3-5-9-18/h3-5,8-11,15,19H,2,6-7,12-14,16-17H2,1H3,(H,25,29). The van der Waals surface area contributed by atoms with Gasteiger partial charge in [-0.25, -0.2) is 8.42 Å². The zero-order valence-corrected chi connectivity index (χ0v) is 19.5. The van der Waals surface area contributed by atoms with E-state index in [1.54, 1.807) is 24.0 Å². The summed E-state index contributed by atoms with van der Waals surface area (Å²) in [5.74, 6) is -0.588. The highest BCUT2D eigenvalue weighted by Gasteiger charge is 2.35. The van der Waals surface area contributed by atoms with Crippen LogP contribution in [0.25, 0.3) is 0 Å². The fourth-order valence-electron chi connectivity index (χ4n) is 4.28. The molecular formula is C24H29N3O5S. The first-order valence-electron chi connectivity index (χ1n) is 11.3. The molecule has 0 radical (unpaired) electrons. The van der Waals surface area contributed by atoms with Crippen LogP contribution in [0.4, 0.5) is 5.69 Å². The molecule has 2 aromatic rings. The third-order valence-electron chi connectivity index (χ3n) is 6.00. The Kier molecular flexibility index (Phi) is 6.99. The molecule has 1 atom stereocenters. The third kappa shape index (κ3) is 5.20. The number of hydrogen-bond donors (Lipinski definition) is 1. The van der Waals surface area contributed by atoms with Crippen LogP contribution in [0.3, 0.4) is 0 Å². The van der Waals surface area contributed by atoms with E-state index in [0.29, 0.717) is 38.5 Å². The number of likely N-dealkylation sites (tertiary alicyclic amines) is 1. The molecule has 33 heavy (non-hydrogen) atoms. The Labute approximate surface area is 194 Å². The first-order valence-corrected chi connectivity index (χ1v) is 12.7. The van der Waals surface area contributed by atoms with Crippen molar-refractivity contribution in [3.8, 4) is 5.75 Å². The number of amides is 2. The van der Waals surface area contributed by atoms with Crippen molar-refractivity contribution in [2.75, 3.05) is 31.6 Å². The van der Waals surface area contributed by atoms with E-state index in [1.165, 1.54) is 10.4 Å². The summed E-state index contributed by atoms with van der Waals surface area (Å²) in [6.07, 6.45) is 1.79. The first kappa shape index (κ1) is 23.3. The van der Waals surface area contributed by atoms with E-state index < -0.39 is 15.9 Å². The molecule has 1 N–H and O–H groups in total. The Morgan fingerprint density at radius 1 is 1.12 bits per heavy atom. The van der Waals surface area contributed by atoms with E-state index >= 15 is 0 Å². The lowest BCUT2D eigenvalue weighted by Gasteiger charge is -2.19. The lowest BCUT2D eigenvalue weighted by Crippen LogP contribution is -2.29. The van der Waals surface area contributed by atoms with E-state index in [2.05, 4.69) is 5.32 Å². The summed E-state index contributed by atoms with van der Waals surface area (Å²) in [6, 6.07) is 14.3.